The first-order valence-electron chi connectivity index (χ1n) is 10.1. The topological polar surface area (TPSA) is 81.7 Å². The van der Waals surface area contributed by atoms with Crippen LogP contribution in [0, 0.1) is 5.82 Å². The number of halogens is 1. The van der Waals surface area contributed by atoms with Crippen LogP contribution in [-0.4, -0.2) is 30.2 Å². The molecule has 0 spiro atoms. The molecule has 0 aliphatic carbocycles. The van der Waals surface area contributed by atoms with Crippen molar-refractivity contribution in [2.75, 3.05) is 19.5 Å². The zero-order chi connectivity index (χ0) is 24.1. The molecule has 1 heterocycles. The number of nitrogens with one attached hydrogen (secondary N) is 2. The largest absolute Gasteiger partial charge is 0.493 e. The van der Waals surface area contributed by atoms with Crippen molar-refractivity contribution in [2.24, 2.45) is 0 Å². The van der Waals surface area contributed by atoms with E-state index in [2.05, 4.69) is 15.6 Å². The Morgan fingerprint density at radius 2 is 1.59 bits per heavy atom. The van der Waals surface area contributed by atoms with Gasteiger partial charge in [-0.25, -0.2) is 4.39 Å². The molecule has 0 radical (unpaired) electrons. The predicted octanol–water partition coefficient (Wildman–Crippen LogP) is 5.31. The second kappa shape index (κ2) is 10.1. The Hall–Kier alpha value is -4.24. The first-order valence-corrected chi connectivity index (χ1v) is 10.5. The van der Waals surface area contributed by atoms with E-state index in [1.165, 1.54) is 24.3 Å². The number of rotatable bonds is 6. The van der Waals surface area contributed by atoms with Gasteiger partial charge in [0.25, 0.3) is 5.91 Å². The Bertz CT molecular complexity index is 1350. The lowest BCUT2D eigenvalue weighted by Crippen LogP contribution is -2.34. The van der Waals surface area contributed by atoms with E-state index >= 15 is 0 Å². The van der Waals surface area contributed by atoms with Gasteiger partial charge in [0, 0.05) is 28.9 Å². The van der Waals surface area contributed by atoms with Gasteiger partial charge in [-0.05, 0) is 72.9 Å². The molecular formula is C25H20FN3O4S. The Labute approximate surface area is 200 Å². The van der Waals surface area contributed by atoms with E-state index < -0.39 is 11.7 Å². The van der Waals surface area contributed by atoms with Crippen LogP contribution in [-0.2, 0) is 0 Å². The van der Waals surface area contributed by atoms with Gasteiger partial charge in [0.15, 0.2) is 16.6 Å². The van der Waals surface area contributed by atoms with Crippen LogP contribution in [0.2, 0.25) is 0 Å². The minimum absolute atomic E-state index is 0.115. The summed E-state index contributed by atoms with van der Waals surface area (Å²) in [5.74, 6) is 1.50. The van der Waals surface area contributed by atoms with Crippen LogP contribution in [0.4, 0.5) is 10.1 Å². The molecule has 0 atom stereocenters. The molecule has 34 heavy (non-hydrogen) atoms. The average molecular weight is 478 g/mol. The van der Waals surface area contributed by atoms with E-state index in [1.54, 1.807) is 56.8 Å². The fourth-order valence-electron chi connectivity index (χ4n) is 3.21. The van der Waals surface area contributed by atoms with E-state index in [1.807, 2.05) is 6.07 Å². The number of thiocarbonyl (C=S) groups is 1. The molecule has 0 bridgehead atoms. The van der Waals surface area contributed by atoms with Crippen molar-refractivity contribution in [2.45, 2.75) is 0 Å². The zero-order valence-electron chi connectivity index (χ0n) is 18.3. The lowest BCUT2D eigenvalue weighted by atomic mass is 10.2. The number of methoxy groups -OCH3 is 2. The molecular weight excluding hydrogens is 457 g/mol. The summed E-state index contributed by atoms with van der Waals surface area (Å²) in [5, 5.41) is 6.37. The molecule has 0 aliphatic heterocycles. The minimum Gasteiger partial charge on any atom is -0.493 e. The highest BCUT2D eigenvalue weighted by Crippen LogP contribution is 2.36. The third-order valence-corrected chi connectivity index (χ3v) is 5.08. The number of anilines is 1. The third-order valence-electron chi connectivity index (χ3n) is 4.88. The standard InChI is InChI=1S/C25H20FN3O4S/c1-31-22-13-19-20(14-23(22)32-2)27-12-11-21(19)33-18-9-7-17(8-10-18)28-25(34)29-24(30)15-3-5-16(26)6-4-15/h3-14H,1-2H3,(H2,28,29,30,34). The second-order valence-electron chi connectivity index (χ2n) is 7.08. The van der Waals surface area contributed by atoms with E-state index in [9.17, 15) is 9.18 Å². The molecule has 7 nitrogen and oxygen atoms in total. The maximum Gasteiger partial charge on any atom is 0.257 e. The van der Waals surface area contributed by atoms with Crippen molar-refractivity contribution in [3.8, 4) is 23.0 Å². The summed E-state index contributed by atoms with van der Waals surface area (Å²) in [7, 11) is 3.14. The first kappa shape index (κ1) is 22.9. The van der Waals surface area contributed by atoms with E-state index in [0.29, 0.717) is 39.8 Å². The van der Waals surface area contributed by atoms with Gasteiger partial charge in [0.1, 0.15) is 17.3 Å². The van der Waals surface area contributed by atoms with Crippen molar-refractivity contribution in [3.05, 3.63) is 84.3 Å². The van der Waals surface area contributed by atoms with Gasteiger partial charge in [0.05, 0.1) is 19.7 Å². The SMILES string of the molecule is COc1cc2nccc(Oc3ccc(NC(=S)NC(=O)c4ccc(F)cc4)cc3)c2cc1OC. The number of hydrogen-bond acceptors (Lipinski definition) is 6. The number of carbonyl (C=O) groups excluding carboxylic acids is 1. The summed E-state index contributed by atoms with van der Waals surface area (Å²) < 4.78 is 29.8. The van der Waals surface area contributed by atoms with Crippen molar-refractivity contribution in [3.63, 3.8) is 0 Å². The van der Waals surface area contributed by atoms with Crippen LogP contribution in [0.5, 0.6) is 23.0 Å². The van der Waals surface area contributed by atoms with Crippen molar-refractivity contribution >= 4 is 39.8 Å². The van der Waals surface area contributed by atoms with Gasteiger partial charge in [-0.15, -0.1) is 0 Å². The molecule has 0 saturated heterocycles. The zero-order valence-corrected chi connectivity index (χ0v) is 19.1. The quantitative estimate of drug-likeness (QED) is 0.364. The number of benzene rings is 3. The normalized spacial score (nSPS) is 10.4. The maximum atomic E-state index is 13.0. The number of amides is 1. The molecule has 0 saturated carbocycles. The van der Waals surface area contributed by atoms with Crippen molar-refractivity contribution in [1.82, 2.24) is 10.3 Å². The van der Waals surface area contributed by atoms with Gasteiger partial charge in [0.2, 0.25) is 0 Å². The smallest absolute Gasteiger partial charge is 0.257 e. The summed E-state index contributed by atoms with van der Waals surface area (Å²) in [5.41, 5.74) is 1.66. The van der Waals surface area contributed by atoms with Crippen LogP contribution in [0.15, 0.2) is 72.9 Å². The Morgan fingerprint density at radius 3 is 2.26 bits per heavy atom. The summed E-state index contributed by atoms with van der Waals surface area (Å²) >= 11 is 5.20. The molecule has 1 aromatic heterocycles. The number of nitrogens with zero attached hydrogens (tertiary/aromatic N) is 1. The number of hydrogen-bond donors (Lipinski definition) is 2. The van der Waals surface area contributed by atoms with Gasteiger partial charge in [-0.3, -0.25) is 15.1 Å². The van der Waals surface area contributed by atoms with Crippen LogP contribution in [0.1, 0.15) is 10.4 Å². The van der Waals surface area contributed by atoms with Gasteiger partial charge in [-0.1, -0.05) is 0 Å². The van der Waals surface area contributed by atoms with Crippen LogP contribution in [0.25, 0.3) is 10.9 Å². The summed E-state index contributed by atoms with van der Waals surface area (Å²) in [6.45, 7) is 0. The van der Waals surface area contributed by atoms with E-state index in [4.69, 9.17) is 26.4 Å². The molecule has 3 aromatic carbocycles. The molecule has 2 N–H and O–H groups in total. The van der Waals surface area contributed by atoms with Crippen LogP contribution < -0.4 is 24.8 Å². The van der Waals surface area contributed by atoms with Gasteiger partial charge in [-0.2, -0.15) is 0 Å². The third kappa shape index (κ3) is 5.21. The molecule has 9 heteroatoms. The lowest BCUT2D eigenvalue weighted by molar-refractivity contribution is 0.0977. The maximum absolute atomic E-state index is 13.0. The Balaban J connectivity index is 1.44. The Morgan fingerprint density at radius 1 is 0.912 bits per heavy atom. The highest BCUT2D eigenvalue weighted by molar-refractivity contribution is 7.80. The van der Waals surface area contributed by atoms with Crippen molar-refractivity contribution < 1.29 is 23.4 Å². The summed E-state index contributed by atoms with van der Waals surface area (Å²) in [6.07, 6.45) is 1.65. The van der Waals surface area contributed by atoms with E-state index in [-0.39, 0.29) is 5.11 Å². The van der Waals surface area contributed by atoms with E-state index in [0.717, 1.165) is 5.39 Å². The van der Waals surface area contributed by atoms with Crippen molar-refractivity contribution in [1.29, 1.82) is 0 Å². The summed E-state index contributed by atoms with van der Waals surface area (Å²) in [4.78, 5) is 16.6. The Kier molecular flexibility index (Phi) is 6.84. The number of fused-ring (bicyclic) bond motifs is 1. The fourth-order valence-corrected chi connectivity index (χ4v) is 3.42. The monoisotopic (exact) mass is 477 g/mol. The number of ether oxygens (including phenoxy) is 3. The molecule has 1 amide bonds. The number of pyridine rings is 1. The second-order valence-corrected chi connectivity index (χ2v) is 7.48. The highest BCUT2D eigenvalue weighted by Gasteiger charge is 2.12. The minimum atomic E-state index is -0.436. The molecule has 172 valence electrons. The molecule has 0 fully saturated rings. The molecule has 0 unspecified atom stereocenters. The number of aromatic nitrogens is 1. The number of carbonyl (C=O) groups is 1. The highest BCUT2D eigenvalue weighted by atomic mass is 32.1. The van der Waals surface area contributed by atoms with Gasteiger partial charge < -0.3 is 19.5 Å². The fraction of sp³-hybridized carbons (Fsp3) is 0.0800. The predicted molar refractivity (Wildman–Crippen MR) is 131 cm³/mol. The average Bonchev–Trinajstić information content (AvgIpc) is 2.84. The first-order chi connectivity index (χ1) is 16.5. The van der Waals surface area contributed by atoms with Crippen LogP contribution in [0.3, 0.4) is 0 Å². The summed E-state index contributed by atoms with van der Waals surface area (Å²) in [6, 6.07) is 17.6. The lowest BCUT2D eigenvalue weighted by Gasteiger charge is -2.13. The molecule has 0 aliphatic rings. The molecule has 4 rings (SSSR count). The van der Waals surface area contributed by atoms with Crippen LogP contribution >= 0.6 is 12.2 Å². The molecule has 4 aromatic rings. The van der Waals surface area contributed by atoms with Gasteiger partial charge >= 0.3 is 0 Å².